The van der Waals surface area contributed by atoms with Gasteiger partial charge in [-0.25, -0.2) is 4.98 Å². The van der Waals surface area contributed by atoms with Crippen molar-refractivity contribution in [1.82, 2.24) is 9.55 Å². The van der Waals surface area contributed by atoms with Gasteiger partial charge < -0.3 is 9.47 Å². The van der Waals surface area contributed by atoms with Gasteiger partial charge in [-0.1, -0.05) is 0 Å². The molecule has 2 aromatic rings. The number of ether oxygens (including phenoxy) is 2. The SMILES string of the molecule is O=c1c2sccc2ncn1CCOC1CCCCO1. The van der Waals surface area contributed by atoms with Crippen molar-refractivity contribution in [3.8, 4) is 0 Å². The quantitative estimate of drug-likeness (QED) is 0.859. The molecule has 1 atom stereocenters. The smallest absolute Gasteiger partial charge is 0.271 e. The first-order chi connectivity index (χ1) is 9.34. The molecule has 102 valence electrons. The Morgan fingerprint density at radius 2 is 2.47 bits per heavy atom. The van der Waals surface area contributed by atoms with Crippen LogP contribution in [-0.2, 0) is 16.0 Å². The van der Waals surface area contributed by atoms with Crippen molar-refractivity contribution in [2.24, 2.45) is 0 Å². The van der Waals surface area contributed by atoms with Crippen LogP contribution in [0.5, 0.6) is 0 Å². The predicted molar refractivity (Wildman–Crippen MR) is 73.4 cm³/mol. The van der Waals surface area contributed by atoms with Gasteiger partial charge in [-0.3, -0.25) is 9.36 Å². The highest BCUT2D eigenvalue weighted by atomic mass is 32.1. The molecule has 0 saturated carbocycles. The largest absolute Gasteiger partial charge is 0.353 e. The van der Waals surface area contributed by atoms with Gasteiger partial charge in [-0.05, 0) is 30.7 Å². The Morgan fingerprint density at radius 3 is 3.32 bits per heavy atom. The van der Waals surface area contributed by atoms with E-state index >= 15 is 0 Å². The summed E-state index contributed by atoms with van der Waals surface area (Å²) in [5, 5.41) is 1.88. The highest BCUT2D eigenvalue weighted by Crippen LogP contribution is 2.14. The summed E-state index contributed by atoms with van der Waals surface area (Å²) in [5.41, 5.74) is 0.774. The molecular weight excluding hydrogens is 264 g/mol. The lowest BCUT2D eigenvalue weighted by Gasteiger charge is -2.22. The minimum atomic E-state index is -0.108. The summed E-state index contributed by atoms with van der Waals surface area (Å²) in [5.74, 6) is 0. The summed E-state index contributed by atoms with van der Waals surface area (Å²) in [6.45, 7) is 1.76. The maximum atomic E-state index is 12.1. The van der Waals surface area contributed by atoms with Crippen LogP contribution in [0.4, 0.5) is 0 Å². The number of hydrogen-bond donors (Lipinski definition) is 0. The van der Waals surface area contributed by atoms with E-state index in [2.05, 4.69) is 4.98 Å². The van der Waals surface area contributed by atoms with E-state index in [1.54, 1.807) is 10.9 Å². The topological polar surface area (TPSA) is 53.4 Å². The molecule has 0 N–H and O–H groups in total. The van der Waals surface area contributed by atoms with Crippen LogP contribution in [-0.4, -0.2) is 29.1 Å². The van der Waals surface area contributed by atoms with Gasteiger partial charge in [-0.15, -0.1) is 11.3 Å². The zero-order valence-corrected chi connectivity index (χ0v) is 11.4. The van der Waals surface area contributed by atoms with Crippen molar-refractivity contribution in [3.05, 3.63) is 28.1 Å². The standard InChI is InChI=1S/C13H16N2O3S/c16-13-12-10(4-8-19-12)14-9-15(13)5-7-18-11-3-1-2-6-17-11/h4,8-9,11H,1-3,5-7H2. The first kappa shape index (κ1) is 12.8. The minimum Gasteiger partial charge on any atom is -0.353 e. The number of thiophene rings is 1. The fourth-order valence-electron chi connectivity index (χ4n) is 2.16. The lowest BCUT2D eigenvalue weighted by atomic mass is 10.2. The Kier molecular flexibility index (Phi) is 3.91. The van der Waals surface area contributed by atoms with Gasteiger partial charge in [-0.2, -0.15) is 0 Å². The number of aromatic nitrogens is 2. The van der Waals surface area contributed by atoms with E-state index in [9.17, 15) is 4.79 Å². The summed E-state index contributed by atoms with van der Waals surface area (Å²) in [6.07, 6.45) is 4.67. The van der Waals surface area contributed by atoms with Crippen molar-refractivity contribution in [2.75, 3.05) is 13.2 Å². The van der Waals surface area contributed by atoms with Gasteiger partial charge in [0.2, 0.25) is 0 Å². The van der Waals surface area contributed by atoms with E-state index in [-0.39, 0.29) is 11.8 Å². The van der Waals surface area contributed by atoms with Crippen LogP contribution < -0.4 is 5.56 Å². The molecule has 1 aliphatic heterocycles. The first-order valence-corrected chi connectivity index (χ1v) is 7.38. The van der Waals surface area contributed by atoms with Gasteiger partial charge >= 0.3 is 0 Å². The first-order valence-electron chi connectivity index (χ1n) is 6.50. The molecular formula is C13H16N2O3S. The van der Waals surface area contributed by atoms with Crippen LogP contribution in [0.3, 0.4) is 0 Å². The predicted octanol–water partition coefficient (Wildman–Crippen LogP) is 2.00. The van der Waals surface area contributed by atoms with Crippen LogP contribution in [0, 0.1) is 0 Å². The van der Waals surface area contributed by atoms with Crippen molar-refractivity contribution in [3.63, 3.8) is 0 Å². The molecule has 0 spiro atoms. The van der Waals surface area contributed by atoms with Gasteiger partial charge in [0.05, 0.1) is 25.0 Å². The Hall–Kier alpha value is -1.24. The molecule has 1 aliphatic rings. The summed E-state index contributed by atoms with van der Waals surface area (Å²) < 4.78 is 13.4. The Labute approximate surface area is 114 Å². The van der Waals surface area contributed by atoms with E-state index in [4.69, 9.17) is 9.47 Å². The van der Waals surface area contributed by atoms with Crippen molar-refractivity contribution in [1.29, 1.82) is 0 Å². The summed E-state index contributed by atoms with van der Waals surface area (Å²) in [4.78, 5) is 16.4. The molecule has 1 unspecified atom stereocenters. The molecule has 1 fully saturated rings. The zero-order valence-electron chi connectivity index (χ0n) is 10.6. The van der Waals surface area contributed by atoms with E-state index in [1.165, 1.54) is 11.3 Å². The second-order valence-electron chi connectivity index (χ2n) is 4.55. The molecule has 0 bridgehead atoms. The highest BCUT2D eigenvalue weighted by Gasteiger charge is 2.14. The summed E-state index contributed by atoms with van der Waals surface area (Å²) >= 11 is 1.43. The van der Waals surface area contributed by atoms with Crippen LogP contribution in [0.1, 0.15) is 19.3 Å². The molecule has 6 heteroatoms. The van der Waals surface area contributed by atoms with Crippen molar-refractivity contribution < 1.29 is 9.47 Å². The van der Waals surface area contributed by atoms with E-state index in [1.807, 2.05) is 11.4 Å². The Balaban J connectivity index is 1.61. The molecule has 1 saturated heterocycles. The molecule has 3 heterocycles. The molecule has 3 rings (SSSR count). The average Bonchev–Trinajstić information content (AvgIpc) is 2.92. The maximum Gasteiger partial charge on any atom is 0.271 e. The zero-order chi connectivity index (χ0) is 13.1. The lowest BCUT2D eigenvalue weighted by Crippen LogP contribution is -2.27. The molecule has 0 aromatic carbocycles. The summed E-state index contributed by atoms with van der Waals surface area (Å²) in [6, 6.07) is 1.86. The van der Waals surface area contributed by atoms with Crippen LogP contribution in [0.2, 0.25) is 0 Å². The Morgan fingerprint density at radius 1 is 1.53 bits per heavy atom. The average molecular weight is 280 g/mol. The van der Waals surface area contributed by atoms with Crippen LogP contribution in [0.15, 0.2) is 22.6 Å². The van der Waals surface area contributed by atoms with Gasteiger partial charge in [0.15, 0.2) is 6.29 Å². The fraction of sp³-hybridized carbons (Fsp3) is 0.538. The van der Waals surface area contributed by atoms with Crippen LogP contribution in [0.25, 0.3) is 10.2 Å². The van der Waals surface area contributed by atoms with Gasteiger partial charge in [0, 0.05) is 6.61 Å². The second kappa shape index (κ2) is 5.81. The van der Waals surface area contributed by atoms with E-state index in [0.717, 1.165) is 31.4 Å². The van der Waals surface area contributed by atoms with E-state index < -0.39 is 0 Å². The second-order valence-corrected chi connectivity index (χ2v) is 5.46. The van der Waals surface area contributed by atoms with Crippen LogP contribution >= 0.6 is 11.3 Å². The van der Waals surface area contributed by atoms with E-state index in [0.29, 0.717) is 17.9 Å². The third-order valence-corrected chi connectivity index (χ3v) is 4.10. The number of nitrogens with zero attached hydrogens (tertiary/aromatic N) is 2. The van der Waals surface area contributed by atoms with Gasteiger partial charge in [0.1, 0.15) is 4.70 Å². The molecule has 5 nitrogen and oxygen atoms in total. The molecule has 2 aromatic heterocycles. The minimum absolute atomic E-state index is 0.00756. The maximum absolute atomic E-state index is 12.1. The van der Waals surface area contributed by atoms with Crippen molar-refractivity contribution in [2.45, 2.75) is 32.1 Å². The highest BCUT2D eigenvalue weighted by molar-refractivity contribution is 7.17. The van der Waals surface area contributed by atoms with Crippen molar-refractivity contribution >= 4 is 21.6 Å². The normalized spacial score (nSPS) is 19.9. The molecule has 0 amide bonds. The summed E-state index contributed by atoms with van der Waals surface area (Å²) in [7, 11) is 0. The Bertz CT molecular complexity index is 601. The fourth-order valence-corrected chi connectivity index (χ4v) is 2.96. The number of fused-ring (bicyclic) bond motifs is 1. The molecule has 0 aliphatic carbocycles. The van der Waals surface area contributed by atoms with Gasteiger partial charge in [0.25, 0.3) is 5.56 Å². The monoisotopic (exact) mass is 280 g/mol. The molecule has 0 radical (unpaired) electrons. The third-order valence-electron chi connectivity index (χ3n) is 3.21. The lowest BCUT2D eigenvalue weighted by molar-refractivity contribution is -0.163. The number of rotatable bonds is 4. The third kappa shape index (κ3) is 2.86. The number of hydrogen-bond acceptors (Lipinski definition) is 5. The molecule has 19 heavy (non-hydrogen) atoms.